The Labute approximate surface area is 114 Å². The lowest BCUT2D eigenvalue weighted by molar-refractivity contribution is 0.407. The molecule has 4 rings (SSSR count). The molecule has 0 fully saturated rings. The second-order valence-corrected chi connectivity index (χ2v) is 4.49. The lowest BCUT2D eigenvalue weighted by Crippen LogP contribution is -1.85. The van der Waals surface area contributed by atoms with Crippen molar-refractivity contribution in [3.63, 3.8) is 0 Å². The fourth-order valence-electron chi connectivity index (χ4n) is 2.41. The molecule has 4 nitrogen and oxygen atoms in total. The summed E-state index contributed by atoms with van der Waals surface area (Å²) in [5.41, 5.74) is 3.02. The molecule has 0 aliphatic heterocycles. The van der Waals surface area contributed by atoms with Crippen molar-refractivity contribution < 1.29 is 13.7 Å². The highest BCUT2D eigenvalue weighted by molar-refractivity contribution is 6.06. The van der Waals surface area contributed by atoms with Gasteiger partial charge in [-0.05, 0) is 24.3 Å². The molecule has 0 atom stereocenters. The molecule has 0 N–H and O–H groups in total. The lowest BCUT2D eigenvalue weighted by atomic mass is 10.1. The Morgan fingerprint density at radius 1 is 1.00 bits per heavy atom. The first-order chi connectivity index (χ1) is 9.88. The highest BCUT2D eigenvalue weighted by Crippen LogP contribution is 2.38. The van der Waals surface area contributed by atoms with E-state index in [9.17, 15) is 0 Å². The molecular formula is C16H11NO3. The van der Waals surface area contributed by atoms with Crippen LogP contribution in [0.2, 0.25) is 0 Å². The summed E-state index contributed by atoms with van der Waals surface area (Å²) in [5, 5.41) is 5.09. The summed E-state index contributed by atoms with van der Waals surface area (Å²) in [7, 11) is 1.63. The van der Waals surface area contributed by atoms with Crippen LogP contribution in [0.1, 0.15) is 0 Å². The number of para-hydroxylation sites is 2. The number of methoxy groups -OCH3 is 1. The Bertz CT molecular complexity index is 904. The predicted octanol–water partition coefficient (Wildman–Crippen LogP) is 4.25. The Balaban J connectivity index is 2.05. The highest BCUT2D eigenvalue weighted by atomic mass is 16.5. The molecule has 0 amide bonds. The fraction of sp³-hybridized carbons (Fsp3) is 0.0625. The number of benzene rings is 2. The maximum atomic E-state index is 5.87. The predicted molar refractivity (Wildman–Crippen MR) is 75.8 cm³/mol. The maximum Gasteiger partial charge on any atom is 0.213 e. The van der Waals surface area contributed by atoms with Crippen LogP contribution < -0.4 is 4.74 Å². The molecule has 2 aromatic heterocycles. The zero-order valence-corrected chi connectivity index (χ0v) is 10.8. The average Bonchev–Trinajstić information content (AvgIpc) is 3.06. The first kappa shape index (κ1) is 11.1. The summed E-state index contributed by atoms with van der Waals surface area (Å²) in [6, 6.07) is 15.4. The molecule has 98 valence electrons. The van der Waals surface area contributed by atoms with Crippen molar-refractivity contribution in [3.8, 4) is 17.1 Å². The van der Waals surface area contributed by atoms with Crippen molar-refractivity contribution >= 4 is 22.1 Å². The van der Waals surface area contributed by atoms with Gasteiger partial charge >= 0.3 is 0 Å². The van der Waals surface area contributed by atoms with Gasteiger partial charge in [-0.15, -0.1) is 0 Å². The Kier molecular flexibility index (Phi) is 2.29. The minimum absolute atomic E-state index is 0.591. The quantitative estimate of drug-likeness (QED) is 0.543. The molecule has 2 heterocycles. The smallest absolute Gasteiger partial charge is 0.213 e. The summed E-state index contributed by atoms with van der Waals surface area (Å²) in [5.74, 6) is 1.32. The number of ether oxygens (including phenoxy) is 1. The topological polar surface area (TPSA) is 48.4 Å². The van der Waals surface area contributed by atoms with Crippen molar-refractivity contribution in [2.24, 2.45) is 0 Å². The van der Waals surface area contributed by atoms with Gasteiger partial charge in [0, 0.05) is 0 Å². The normalized spacial score (nSPS) is 11.2. The monoisotopic (exact) mass is 265 g/mol. The second kappa shape index (κ2) is 4.13. The van der Waals surface area contributed by atoms with E-state index in [-0.39, 0.29) is 0 Å². The molecule has 0 saturated carbocycles. The third-order valence-corrected chi connectivity index (χ3v) is 3.36. The van der Waals surface area contributed by atoms with Gasteiger partial charge in [0.25, 0.3) is 0 Å². The van der Waals surface area contributed by atoms with Crippen molar-refractivity contribution in [2.45, 2.75) is 0 Å². The van der Waals surface area contributed by atoms with Crippen LogP contribution in [0.3, 0.4) is 0 Å². The van der Waals surface area contributed by atoms with Crippen LogP contribution in [0, 0.1) is 0 Å². The van der Waals surface area contributed by atoms with Gasteiger partial charge in [-0.25, -0.2) is 0 Å². The van der Waals surface area contributed by atoms with Gasteiger partial charge in [0.1, 0.15) is 11.3 Å². The zero-order chi connectivity index (χ0) is 13.5. The summed E-state index contributed by atoms with van der Waals surface area (Å²) in [6.45, 7) is 0. The lowest BCUT2D eigenvalue weighted by Gasteiger charge is -2.03. The first-order valence-corrected chi connectivity index (χ1v) is 6.29. The number of nitrogens with zero attached hydrogens (tertiary/aromatic N) is 1. The molecule has 0 aliphatic rings. The van der Waals surface area contributed by atoms with Crippen LogP contribution >= 0.6 is 0 Å². The second-order valence-electron chi connectivity index (χ2n) is 4.49. The van der Waals surface area contributed by atoms with E-state index in [1.54, 1.807) is 7.11 Å². The largest absolute Gasteiger partial charge is 0.496 e. The van der Waals surface area contributed by atoms with Gasteiger partial charge < -0.3 is 13.7 Å². The molecule has 20 heavy (non-hydrogen) atoms. The van der Waals surface area contributed by atoms with E-state index in [0.717, 1.165) is 27.8 Å². The minimum Gasteiger partial charge on any atom is -0.496 e. The van der Waals surface area contributed by atoms with Crippen LogP contribution in [-0.2, 0) is 0 Å². The Hall–Kier alpha value is -2.75. The molecule has 0 aliphatic carbocycles. The van der Waals surface area contributed by atoms with Crippen molar-refractivity contribution in [1.29, 1.82) is 0 Å². The van der Waals surface area contributed by atoms with Gasteiger partial charge in [-0.2, -0.15) is 0 Å². The molecule has 0 saturated heterocycles. The number of rotatable bonds is 2. The number of aromatic nitrogens is 1. The van der Waals surface area contributed by atoms with E-state index in [2.05, 4.69) is 5.16 Å². The zero-order valence-electron chi connectivity index (χ0n) is 10.8. The average molecular weight is 265 g/mol. The van der Waals surface area contributed by atoms with Crippen molar-refractivity contribution in [2.75, 3.05) is 7.11 Å². The Morgan fingerprint density at radius 3 is 2.70 bits per heavy atom. The minimum atomic E-state index is 0.591. The van der Waals surface area contributed by atoms with Crippen molar-refractivity contribution in [3.05, 3.63) is 48.5 Å². The fourth-order valence-corrected chi connectivity index (χ4v) is 2.41. The standard InChI is InChI=1S/C16H11NO3/c1-18-12-8-4-3-7-11(12)15-16-14(17-20-15)10-6-2-5-9-13(10)19-16/h2-9H,1H3. The highest BCUT2D eigenvalue weighted by Gasteiger charge is 2.20. The SMILES string of the molecule is COc1ccccc1-c1onc2c1oc1ccccc12. The van der Waals surface area contributed by atoms with Gasteiger partial charge in [-0.1, -0.05) is 29.4 Å². The number of fused-ring (bicyclic) bond motifs is 3. The summed E-state index contributed by atoms with van der Waals surface area (Å²) >= 11 is 0. The van der Waals surface area contributed by atoms with E-state index >= 15 is 0 Å². The van der Waals surface area contributed by atoms with E-state index in [1.165, 1.54) is 0 Å². The van der Waals surface area contributed by atoms with E-state index in [1.807, 2.05) is 48.5 Å². The molecule has 4 aromatic rings. The van der Waals surface area contributed by atoms with Crippen LogP contribution in [-0.4, -0.2) is 12.3 Å². The molecule has 2 aromatic carbocycles. The van der Waals surface area contributed by atoms with E-state index < -0.39 is 0 Å². The van der Waals surface area contributed by atoms with Gasteiger partial charge in [0.2, 0.25) is 11.3 Å². The van der Waals surface area contributed by atoms with Crippen LogP contribution in [0.15, 0.2) is 57.5 Å². The van der Waals surface area contributed by atoms with Crippen LogP contribution in [0.4, 0.5) is 0 Å². The van der Waals surface area contributed by atoms with Crippen LogP contribution in [0.25, 0.3) is 33.4 Å². The molecule has 0 bridgehead atoms. The molecule has 0 spiro atoms. The number of hydrogen-bond acceptors (Lipinski definition) is 4. The van der Waals surface area contributed by atoms with Gasteiger partial charge in [-0.3, -0.25) is 0 Å². The summed E-state index contributed by atoms with van der Waals surface area (Å²) < 4.78 is 16.7. The third kappa shape index (κ3) is 1.45. The number of furan rings is 1. The van der Waals surface area contributed by atoms with Crippen LogP contribution in [0.5, 0.6) is 5.75 Å². The molecule has 0 radical (unpaired) electrons. The van der Waals surface area contributed by atoms with Gasteiger partial charge in [0.15, 0.2) is 5.52 Å². The molecule has 4 heteroatoms. The maximum absolute atomic E-state index is 5.87. The Morgan fingerprint density at radius 2 is 1.80 bits per heavy atom. The van der Waals surface area contributed by atoms with Gasteiger partial charge in [0.05, 0.1) is 18.1 Å². The first-order valence-electron chi connectivity index (χ1n) is 6.29. The number of hydrogen-bond donors (Lipinski definition) is 0. The summed E-state index contributed by atoms with van der Waals surface area (Å²) in [4.78, 5) is 0. The van der Waals surface area contributed by atoms with E-state index in [4.69, 9.17) is 13.7 Å². The molecular weight excluding hydrogens is 254 g/mol. The summed E-state index contributed by atoms with van der Waals surface area (Å²) in [6.07, 6.45) is 0. The third-order valence-electron chi connectivity index (χ3n) is 3.36. The molecule has 0 unspecified atom stereocenters. The van der Waals surface area contributed by atoms with Crippen molar-refractivity contribution in [1.82, 2.24) is 5.16 Å². The van der Waals surface area contributed by atoms with E-state index in [0.29, 0.717) is 11.3 Å².